The molecule has 17 heavy (non-hydrogen) atoms. The average Bonchev–Trinajstić information content (AvgIpc) is 2.29. The summed E-state index contributed by atoms with van der Waals surface area (Å²) in [4.78, 5) is 5.80. The van der Waals surface area contributed by atoms with Crippen LogP contribution in [0.3, 0.4) is 0 Å². The fourth-order valence-corrected chi connectivity index (χ4v) is 1.80. The van der Waals surface area contributed by atoms with Gasteiger partial charge in [-0.05, 0) is 40.3 Å². The van der Waals surface area contributed by atoms with Gasteiger partial charge in [-0.15, -0.1) is 0 Å². The van der Waals surface area contributed by atoms with Crippen molar-refractivity contribution < 1.29 is 13.2 Å². The van der Waals surface area contributed by atoms with Crippen LogP contribution in [0.25, 0.3) is 11.3 Å². The molecule has 0 aliphatic heterocycles. The summed E-state index contributed by atoms with van der Waals surface area (Å²) >= 11 is 7.59. The normalized spacial score (nSPS) is 10.6. The van der Waals surface area contributed by atoms with Crippen molar-refractivity contribution in [3.8, 4) is 11.3 Å². The van der Waals surface area contributed by atoms with E-state index in [9.17, 15) is 13.2 Å². The molecule has 0 bridgehead atoms. The zero-order valence-corrected chi connectivity index (χ0v) is 10.5. The summed E-state index contributed by atoms with van der Waals surface area (Å²) in [7, 11) is 0. The molecule has 2 aromatic rings. The minimum atomic E-state index is -0.902. The number of rotatable bonds is 1. The molecule has 1 heterocycles. The highest BCUT2D eigenvalue weighted by Crippen LogP contribution is 2.30. The first-order chi connectivity index (χ1) is 8.00. The van der Waals surface area contributed by atoms with Gasteiger partial charge in [0.1, 0.15) is 11.6 Å². The number of benzene rings is 1. The number of hydrogen-bond donors (Lipinski definition) is 1. The van der Waals surface area contributed by atoms with Gasteiger partial charge in [0, 0.05) is 0 Å². The molecule has 0 aliphatic carbocycles. The van der Waals surface area contributed by atoms with Gasteiger partial charge in [0.2, 0.25) is 0 Å². The number of hydrogen-bond acceptors (Lipinski definition) is 2. The molecule has 1 N–H and O–H groups in total. The number of aromatic nitrogens is 2. The van der Waals surface area contributed by atoms with Crippen LogP contribution in [0.5, 0.6) is 0 Å². The van der Waals surface area contributed by atoms with Crippen LogP contribution < -0.4 is 0 Å². The molecule has 0 unspecified atom stereocenters. The lowest BCUT2D eigenvalue weighted by molar-refractivity contribution is 0.573. The monoisotopic (exact) mass is 320 g/mol. The fourth-order valence-electron chi connectivity index (χ4n) is 1.32. The molecular weight excluding hydrogens is 317 g/mol. The van der Waals surface area contributed by atoms with Gasteiger partial charge in [-0.1, -0.05) is 0 Å². The van der Waals surface area contributed by atoms with Gasteiger partial charge < -0.3 is 4.98 Å². The highest BCUT2D eigenvalue weighted by molar-refractivity contribution is 9.10. The van der Waals surface area contributed by atoms with Crippen molar-refractivity contribution in [1.82, 2.24) is 9.97 Å². The van der Waals surface area contributed by atoms with E-state index in [1.165, 1.54) is 6.07 Å². The molecule has 0 spiro atoms. The predicted molar refractivity (Wildman–Crippen MR) is 62.4 cm³/mol. The maximum absolute atomic E-state index is 13.7. The average molecular weight is 321 g/mol. The van der Waals surface area contributed by atoms with E-state index in [2.05, 4.69) is 38.1 Å². The lowest BCUT2D eigenvalue weighted by Crippen LogP contribution is -1.98. The number of halogens is 4. The summed E-state index contributed by atoms with van der Waals surface area (Å²) in [5.41, 5.74) is -0.869. The Labute approximate surface area is 108 Å². The Morgan fingerprint density at radius 2 is 1.88 bits per heavy atom. The molecule has 1 aromatic heterocycles. The highest BCUT2D eigenvalue weighted by atomic mass is 79.9. The third-order valence-corrected chi connectivity index (χ3v) is 2.88. The Hall–Kier alpha value is -1.21. The van der Waals surface area contributed by atoms with Crippen molar-refractivity contribution in [2.45, 2.75) is 0 Å². The smallest absolute Gasteiger partial charge is 0.197 e. The second-order valence-electron chi connectivity index (χ2n) is 3.13. The largest absolute Gasteiger partial charge is 0.328 e. The number of nitrogens with one attached hydrogen (secondary N) is 1. The molecule has 2 nitrogen and oxygen atoms in total. The lowest BCUT2D eigenvalue weighted by Gasteiger charge is -2.07. The van der Waals surface area contributed by atoms with Crippen LogP contribution in [0.1, 0.15) is 0 Å². The second kappa shape index (κ2) is 4.58. The third kappa shape index (κ3) is 2.25. The molecule has 0 radical (unpaired) electrons. The van der Waals surface area contributed by atoms with Crippen molar-refractivity contribution in [3.63, 3.8) is 0 Å². The van der Waals surface area contributed by atoms with E-state index in [-0.39, 0.29) is 14.9 Å². The fraction of sp³-hybridized carbons (Fsp3) is 0. The van der Waals surface area contributed by atoms with Crippen LogP contribution >= 0.6 is 28.1 Å². The molecule has 88 valence electrons. The first-order valence-electron chi connectivity index (χ1n) is 4.39. The number of aromatic amines is 1. The van der Waals surface area contributed by atoms with Crippen molar-refractivity contribution in [1.29, 1.82) is 0 Å². The standard InChI is InChI=1S/C10H4BrF3N2S/c11-4-1-2-5(12)7(8(4)14)9-6(13)3-15-10(17)16-9/h1-3H,(H,15,16,17). The molecular formula is C10H4BrF3N2S. The molecule has 0 saturated carbocycles. The maximum atomic E-state index is 13.7. The van der Waals surface area contributed by atoms with Crippen LogP contribution in [-0.4, -0.2) is 9.97 Å². The van der Waals surface area contributed by atoms with E-state index in [0.29, 0.717) is 0 Å². The van der Waals surface area contributed by atoms with Crippen LogP contribution in [0, 0.1) is 22.2 Å². The van der Waals surface area contributed by atoms with Gasteiger partial charge in [-0.3, -0.25) is 0 Å². The predicted octanol–water partition coefficient (Wildman–Crippen LogP) is 3.99. The summed E-state index contributed by atoms with van der Waals surface area (Å²) in [6.45, 7) is 0. The van der Waals surface area contributed by atoms with Crippen LogP contribution in [0.15, 0.2) is 22.8 Å². The van der Waals surface area contributed by atoms with Crippen molar-refractivity contribution in [3.05, 3.63) is 45.0 Å². The molecule has 0 atom stereocenters. The van der Waals surface area contributed by atoms with E-state index >= 15 is 0 Å². The topological polar surface area (TPSA) is 28.7 Å². The summed E-state index contributed by atoms with van der Waals surface area (Å²) in [6, 6.07) is 2.22. The second-order valence-corrected chi connectivity index (χ2v) is 4.37. The van der Waals surface area contributed by atoms with Gasteiger partial charge in [0.05, 0.1) is 21.9 Å². The van der Waals surface area contributed by atoms with E-state index < -0.39 is 23.0 Å². The molecule has 0 amide bonds. The van der Waals surface area contributed by atoms with E-state index in [1.54, 1.807) is 0 Å². The van der Waals surface area contributed by atoms with Crippen LogP contribution in [-0.2, 0) is 0 Å². The SMILES string of the molecule is Fc1cnc(=S)[nH]c1-c1c(F)ccc(Br)c1F. The molecule has 2 rings (SSSR count). The van der Waals surface area contributed by atoms with Gasteiger partial charge >= 0.3 is 0 Å². The lowest BCUT2D eigenvalue weighted by atomic mass is 10.1. The Morgan fingerprint density at radius 3 is 2.59 bits per heavy atom. The first-order valence-corrected chi connectivity index (χ1v) is 5.59. The van der Waals surface area contributed by atoms with Crippen molar-refractivity contribution in [2.24, 2.45) is 0 Å². The summed E-state index contributed by atoms with van der Waals surface area (Å²) < 4.78 is 40.7. The van der Waals surface area contributed by atoms with Gasteiger partial charge in [0.25, 0.3) is 0 Å². The Bertz CT molecular complexity index is 642. The van der Waals surface area contributed by atoms with Crippen LogP contribution in [0.2, 0.25) is 0 Å². The minimum absolute atomic E-state index is 0.0319. The van der Waals surface area contributed by atoms with Gasteiger partial charge in [-0.25, -0.2) is 18.2 Å². The quantitative estimate of drug-likeness (QED) is 0.636. The van der Waals surface area contributed by atoms with Crippen molar-refractivity contribution >= 4 is 28.1 Å². The van der Waals surface area contributed by atoms with Crippen molar-refractivity contribution in [2.75, 3.05) is 0 Å². The van der Waals surface area contributed by atoms with E-state index in [1.807, 2.05) is 0 Å². The molecule has 0 fully saturated rings. The maximum Gasteiger partial charge on any atom is 0.197 e. The Kier molecular flexibility index (Phi) is 3.30. The van der Waals surface area contributed by atoms with E-state index in [4.69, 9.17) is 0 Å². The molecule has 1 aromatic carbocycles. The van der Waals surface area contributed by atoms with Gasteiger partial charge in [-0.2, -0.15) is 0 Å². The number of nitrogens with zero attached hydrogens (tertiary/aromatic N) is 1. The zero-order chi connectivity index (χ0) is 12.6. The minimum Gasteiger partial charge on any atom is -0.328 e. The molecule has 7 heteroatoms. The summed E-state index contributed by atoms with van der Waals surface area (Å²) in [6.07, 6.45) is 0.813. The third-order valence-electron chi connectivity index (χ3n) is 2.06. The van der Waals surface area contributed by atoms with Crippen LogP contribution in [0.4, 0.5) is 13.2 Å². The van der Waals surface area contributed by atoms with Gasteiger partial charge in [0.15, 0.2) is 10.6 Å². The Balaban J connectivity index is 2.81. The first kappa shape index (κ1) is 12.3. The highest BCUT2D eigenvalue weighted by Gasteiger charge is 2.18. The summed E-state index contributed by atoms with van der Waals surface area (Å²) in [5.74, 6) is -2.67. The Morgan fingerprint density at radius 1 is 1.18 bits per heavy atom. The summed E-state index contributed by atoms with van der Waals surface area (Å²) in [5, 5.41) is 0. The molecule has 0 saturated heterocycles. The van der Waals surface area contributed by atoms with E-state index in [0.717, 1.165) is 12.3 Å². The zero-order valence-electron chi connectivity index (χ0n) is 8.10. The number of H-pyrrole nitrogens is 1. The molecule has 0 aliphatic rings.